The first kappa shape index (κ1) is 19.1. The van der Waals surface area contributed by atoms with Crippen molar-refractivity contribution in [3.8, 4) is 11.5 Å². The summed E-state index contributed by atoms with van der Waals surface area (Å²) in [4.78, 5) is 14.7. The maximum atomic E-state index is 12.8. The van der Waals surface area contributed by atoms with Crippen LogP contribution in [0, 0.1) is 6.92 Å². The molecule has 0 unspecified atom stereocenters. The molecular formula is C22H28N2O3. The van der Waals surface area contributed by atoms with Gasteiger partial charge in [0.2, 0.25) is 5.91 Å². The van der Waals surface area contributed by atoms with Gasteiger partial charge in [-0.15, -0.1) is 0 Å². The zero-order valence-electron chi connectivity index (χ0n) is 16.6. The van der Waals surface area contributed by atoms with Crippen LogP contribution in [-0.2, 0) is 24.2 Å². The van der Waals surface area contributed by atoms with Crippen molar-refractivity contribution in [3.63, 3.8) is 0 Å². The number of anilines is 1. The third kappa shape index (κ3) is 4.02. The van der Waals surface area contributed by atoms with E-state index in [9.17, 15) is 4.79 Å². The number of fused-ring (bicyclic) bond motifs is 1. The van der Waals surface area contributed by atoms with Crippen molar-refractivity contribution in [3.05, 3.63) is 52.6 Å². The van der Waals surface area contributed by atoms with Crippen LogP contribution in [0.25, 0.3) is 0 Å². The van der Waals surface area contributed by atoms with Gasteiger partial charge in [0.25, 0.3) is 0 Å². The minimum Gasteiger partial charge on any atom is -0.493 e. The van der Waals surface area contributed by atoms with E-state index < -0.39 is 0 Å². The number of ether oxygens (including phenoxy) is 2. The van der Waals surface area contributed by atoms with E-state index >= 15 is 0 Å². The maximum Gasteiger partial charge on any atom is 0.242 e. The summed E-state index contributed by atoms with van der Waals surface area (Å²) >= 11 is 0. The second kappa shape index (κ2) is 8.33. The van der Waals surface area contributed by atoms with Gasteiger partial charge in [-0.1, -0.05) is 25.1 Å². The molecule has 0 saturated heterocycles. The highest BCUT2D eigenvalue weighted by atomic mass is 16.5. The Labute approximate surface area is 161 Å². The Bertz CT molecular complexity index is 833. The number of methoxy groups -OCH3 is 2. The molecular weight excluding hydrogens is 340 g/mol. The summed E-state index contributed by atoms with van der Waals surface area (Å²) in [5.74, 6) is 1.56. The van der Waals surface area contributed by atoms with Crippen molar-refractivity contribution in [1.82, 2.24) is 4.90 Å². The van der Waals surface area contributed by atoms with E-state index in [-0.39, 0.29) is 5.91 Å². The standard InChI is InChI=1S/C22H28N2O3/c1-5-16-8-6-7-15(2)22(16)23-13-21(25)24-10-9-17-11-19(26-3)20(27-4)12-18(17)14-24/h6-8,11-12,23H,5,9-10,13-14H2,1-4H3. The number of nitrogens with zero attached hydrogens (tertiary/aromatic N) is 1. The number of aryl methyl sites for hydroxylation is 2. The fourth-order valence-electron chi connectivity index (χ4n) is 3.65. The van der Waals surface area contributed by atoms with E-state index in [1.165, 1.54) is 16.7 Å². The minimum absolute atomic E-state index is 0.112. The summed E-state index contributed by atoms with van der Waals surface area (Å²) in [7, 11) is 3.28. The molecule has 0 saturated carbocycles. The number of carbonyl (C=O) groups is 1. The summed E-state index contributed by atoms with van der Waals surface area (Å²) in [5, 5.41) is 3.36. The Morgan fingerprint density at radius 2 is 1.85 bits per heavy atom. The Morgan fingerprint density at radius 3 is 2.52 bits per heavy atom. The minimum atomic E-state index is 0.112. The van der Waals surface area contributed by atoms with Crippen molar-refractivity contribution >= 4 is 11.6 Å². The van der Waals surface area contributed by atoms with Crippen LogP contribution in [-0.4, -0.2) is 38.1 Å². The van der Waals surface area contributed by atoms with Gasteiger partial charge < -0.3 is 19.7 Å². The number of hydrogen-bond acceptors (Lipinski definition) is 4. The van der Waals surface area contributed by atoms with Gasteiger partial charge in [-0.3, -0.25) is 4.79 Å². The molecule has 27 heavy (non-hydrogen) atoms. The van der Waals surface area contributed by atoms with Crippen molar-refractivity contribution in [2.24, 2.45) is 0 Å². The molecule has 1 heterocycles. The van der Waals surface area contributed by atoms with Crippen molar-refractivity contribution in [2.45, 2.75) is 33.2 Å². The molecule has 2 aromatic rings. The fourth-order valence-corrected chi connectivity index (χ4v) is 3.65. The number of amides is 1. The van der Waals surface area contributed by atoms with Gasteiger partial charge in [-0.2, -0.15) is 0 Å². The molecule has 0 spiro atoms. The normalized spacial score (nSPS) is 13.1. The average molecular weight is 368 g/mol. The van der Waals surface area contributed by atoms with E-state index in [0.717, 1.165) is 36.4 Å². The molecule has 1 amide bonds. The lowest BCUT2D eigenvalue weighted by atomic mass is 9.98. The summed E-state index contributed by atoms with van der Waals surface area (Å²) in [6.45, 7) is 5.83. The van der Waals surface area contributed by atoms with Crippen LogP contribution in [0.4, 0.5) is 5.69 Å². The summed E-state index contributed by atoms with van der Waals surface area (Å²) in [6, 6.07) is 10.2. The zero-order valence-corrected chi connectivity index (χ0v) is 16.6. The first-order valence-electron chi connectivity index (χ1n) is 9.41. The molecule has 5 nitrogen and oxygen atoms in total. The summed E-state index contributed by atoms with van der Waals surface area (Å²) in [6.07, 6.45) is 1.77. The Kier molecular flexibility index (Phi) is 5.89. The number of carbonyl (C=O) groups excluding carboxylic acids is 1. The Hall–Kier alpha value is -2.69. The third-order valence-electron chi connectivity index (χ3n) is 5.23. The molecule has 2 aromatic carbocycles. The van der Waals surface area contributed by atoms with Crippen LogP contribution in [0.15, 0.2) is 30.3 Å². The number of rotatable bonds is 6. The van der Waals surface area contributed by atoms with Crippen LogP contribution in [0.2, 0.25) is 0 Å². The molecule has 1 aliphatic heterocycles. The first-order valence-corrected chi connectivity index (χ1v) is 9.41. The van der Waals surface area contributed by atoms with Crippen LogP contribution in [0.3, 0.4) is 0 Å². The van der Waals surface area contributed by atoms with E-state index in [1.807, 2.05) is 17.0 Å². The van der Waals surface area contributed by atoms with Gasteiger partial charge in [0.1, 0.15) is 0 Å². The highest BCUT2D eigenvalue weighted by Gasteiger charge is 2.23. The number of para-hydroxylation sites is 1. The second-order valence-corrected chi connectivity index (χ2v) is 6.86. The predicted molar refractivity (Wildman–Crippen MR) is 108 cm³/mol. The van der Waals surface area contributed by atoms with Crippen molar-refractivity contribution in [1.29, 1.82) is 0 Å². The average Bonchev–Trinajstić information content (AvgIpc) is 2.70. The topological polar surface area (TPSA) is 50.8 Å². The lowest BCUT2D eigenvalue weighted by molar-refractivity contribution is -0.130. The van der Waals surface area contributed by atoms with Crippen LogP contribution in [0.1, 0.15) is 29.2 Å². The lowest BCUT2D eigenvalue weighted by Gasteiger charge is -2.30. The molecule has 3 rings (SSSR count). The van der Waals surface area contributed by atoms with Crippen LogP contribution < -0.4 is 14.8 Å². The summed E-state index contributed by atoms with van der Waals surface area (Å²) < 4.78 is 10.8. The quantitative estimate of drug-likeness (QED) is 0.847. The molecule has 0 aromatic heterocycles. The fraction of sp³-hybridized carbons (Fsp3) is 0.409. The molecule has 0 bridgehead atoms. The smallest absolute Gasteiger partial charge is 0.242 e. The Balaban J connectivity index is 1.69. The van der Waals surface area contributed by atoms with Gasteiger partial charge in [0.15, 0.2) is 11.5 Å². The molecule has 0 fully saturated rings. The predicted octanol–water partition coefficient (Wildman–Crippen LogP) is 3.57. The number of nitrogens with one attached hydrogen (secondary N) is 1. The first-order chi connectivity index (χ1) is 13.1. The molecule has 1 aliphatic rings. The van der Waals surface area contributed by atoms with E-state index in [0.29, 0.717) is 18.8 Å². The monoisotopic (exact) mass is 368 g/mol. The third-order valence-corrected chi connectivity index (χ3v) is 5.23. The van der Waals surface area contributed by atoms with Gasteiger partial charge in [-0.25, -0.2) is 0 Å². The second-order valence-electron chi connectivity index (χ2n) is 6.86. The Morgan fingerprint density at radius 1 is 1.15 bits per heavy atom. The number of benzene rings is 2. The van der Waals surface area contributed by atoms with E-state index in [2.05, 4.69) is 37.4 Å². The van der Waals surface area contributed by atoms with Gasteiger partial charge >= 0.3 is 0 Å². The molecule has 0 atom stereocenters. The molecule has 0 aliphatic carbocycles. The van der Waals surface area contributed by atoms with Gasteiger partial charge in [-0.05, 0) is 54.2 Å². The lowest BCUT2D eigenvalue weighted by Crippen LogP contribution is -2.39. The van der Waals surface area contributed by atoms with E-state index in [4.69, 9.17) is 9.47 Å². The molecule has 0 radical (unpaired) electrons. The van der Waals surface area contributed by atoms with Gasteiger partial charge in [0.05, 0.1) is 20.8 Å². The van der Waals surface area contributed by atoms with Crippen molar-refractivity contribution < 1.29 is 14.3 Å². The highest BCUT2D eigenvalue weighted by molar-refractivity contribution is 5.82. The molecule has 1 N–H and O–H groups in total. The molecule has 144 valence electrons. The van der Waals surface area contributed by atoms with Crippen LogP contribution in [0.5, 0.6) is 11.5 Å². The van der Waals surface area contributed by atoms with Crippen molar-refractivity contribution in [2.75, 3.05) is 32.6 Å². The van der Waals surface area contributed by atoms with E-state index in [1.54, 1.807) is 14.2 Å². The number of hydrogen-bond donors (Lipinski definition) is 1. The van der Waals surface area contributed by atoms with Gasteiger partial charge in [0, 0.05) is 18.8 Å². The highest BCUT2D eigenvalue weighted by Crippen LogP contribution is 2.33. The zero-order chi connectivity index (χ0) is 19.4. The summed E-state index contributed by atoms with van der Waals surface area (Å²) in [5.41, 5.74) is 5.83. The SMILES string of the molecule is CCc1cccc(C)c1NCC(=O)N1CCc2cc(OC)c(OC)cc2C1. The largest absolute Gasteiger partial charge is 0.493 e. The maximum absolute atomic E-state index is 12.8. The molecule has 5 heteroatoms. The van der Waals surface area contributed by atoms with Crippen LogP contribution >= 0.6 is 0 Å².